The van der Waals surface area contributed by atoms with Gasteiger partial charge in [0.25, 0.3) is 11.8 Å². The van der Waals surface area contributed by atoms with Crippen LogP contribution in [0.1, 0.15) is 6.92 Å². The molecular weight excluding hydrogens is 156 g/mol. The van der Waals surface area contributed by atoms with Crippen LogP contribution in [0.4, 0.5) is 0 Å². The van der Waals surface area contributed by atoms with Gasteiger partial charge in [0.05, 0.1) is 5.54 Å². The quantitative estimate of drug-likeness (QED) is 0.523. The van der Waals surface area contributed by atoms with Gasteiger partial charge < -0.3 is 5.32 Å². The van der Waals surface area contributed by atoms with E-state index in [1.165, 1.54) is 17.1 Å². The largest absolute Gasteiger partial charge is 0.312 e. The van der Waals surface area contributed by atoms with Gasteiger partial charge >= 0.3 is 0 Å². The van der Waals surface area contributed by atoms with Crippen molar-refractivity contribution in [2.45, 2.75) is 12.5 Å². The van der Waals surface area contributed by atoms with Crippen LogP contribution in [0.5, 0.6) is 0 Å². The van der Waals surface area contributed by atoms with Crippen molar-refractivity contribution in [2.24, 2.45) is 0 Å². The van der Waals surface area contributed by atoms with Gasteiger partial charge in [-0.25, -0.2) is 0 Å². The number of carbonyl (C=O) groups is 2. The Kier molecular flexibility index (Phi) is 1.35. The fourth-order valence-corrected chi connectivity index (χ4v) is 1.58. The summed E-state index contributed by atoms with van der Waals surface area (Å²) in [6.45, 7) is 3.31. The maximum atomic E-state index is 11.2. The first-order valence-corrected chi connectivity index (χ1v) is 3.90. The third-order valence-corrected chi connectivity index (χ3v) is 2.36. The smallest absolute Gasteiger partial charge is 0.254 e. The first-order chi connectivity index (χ1) is 5.63. The van der Waals surface area contributed by atoms with Crippen molar-refractivity contribution in [2.75, 3.05) is 13.1 Å². The lowest BCUT2D eigenvalue weighted by molar-refractivity contribution is -0.145. The molecule has 0 atom stereocenters. The second-order valence-electron chi connectivity index (χ2n) is 3.45. The first-order valence-electron chi connectivity index (χ1n) is 3.90. The molecular formula is C8H10N2O2. The van der Waals surface area contributed by atoms with Gasteiger partial charge in [-0.15, -0.1) is 0 Å². The standard InChI is InChI=1S/C8H10N2O2/c1-8(4-9-5-8)10-6(11)2-3-7(10)12/h2-3,9H,4-5H2,1H3. The number of hydrogen-bond donors (Lipinski definition) is 1. The van der Waals surface area contributed by atoms with Crippen molar-refractivity contribution in [1.29, 1.82) is 0 Å². The minimum Gasteiger partial charge on any atom is -0.312 e. The van der Waals surface area contributed by atoms with Gasteiger partial charge in [0.15, 0.2) is 0 Å². The lowest BCUT2D eigenvalue weighted by Crippen LogP contribution is -2.68. The fraction of sp³-hybridized carbons (Fsp3) is 0.500. The van der Waals surface area contributed by atoms with Crippen LogP contribution in [-0.2, 0) is 9.59 Å². The van der Waals surface area contributed by atoms with Crippen LogP contribution >= 0.6 is 0 Å². The summed E-state index contributed by atoms with van der Waals surface area (Å²) in [5.41, 5.74) is -0.294. The number of nitrogens with zero attached hydrogens (tertiary/aromatic N) is 1. The van der Waals surface area contributed by atoms with Crippen molar-refractivity contribution in [3.05, 3.63) is 12.2 Å². The molecule has 0 aromatic carbocycles. The highest BCUT2D eigenvalue weighted by molar-refractivity contribution is 6.13. The maximum Gasteiger partial charge on any atom is 0.254 e. The normalized spacial score (nSPS) is 26.2. The van der Waals surface area contributed by atoms with E-state index < -0.39 is 0 Å². The van der Waals surface area contributed by atoms with Crippen LogP contribution in [0.25, 0.3) is 0 Å². The van der Waals surface area contributed by atoms with E-state index in [0.29, 0.717) is 13.1 Å². The van der Waals surface area contributed by atoms with Gasteiger partial charge in [-0.2, -0.15) is 0 Å². The van der Waals surface area contributed by atoms with E-state index in [1.807, 2.05) is 6.92 Å². The number of hydrogen-bond acceptors (Lipinski definition) is 3. The summed E-state index contributed by atoms with van der Waals surface area (Å²) in [6.07, 6.45) is 2.65. The average Bonchev–Trinajstić information content (AvgIpc) is 2.27. The number of imide groups is 1. The molecule has 2 rings (SSSR count). The van der Waals surface area contributed by atoms with Gasteiger partial charge in [0, 0.05) is 25.2 Å². The Bertz CT molecular complexity index is 261. The summed E-state index contributed by atoms with van der Waals surface area (Å²) in [6, 6.07) is 0. The highest BCUT2D eigenvalue weighted by atomic mass is 16.2. The van der Waals surface area contributed by atoms with Crippen molar-refractivity contribution in [3.8, 4) is 0 Å². The SMILES string of the molecule is CC1(N2C(=O)C=CC2=O)CNC1. The minimum absolute atomic E-state index is 0.191. The molecule has 1 saturated heterocycles. The van der Waals surface area contributed by atoms with E-state index in [0.717, 1.165) is 0 Å². The molecule has 1 fully saturated rings. The Balaban J connectivity index is 2.23. The molecule has 0 aromatic heterocycles. The fourth-order valence-electron chi connectivity index (χ4n) is 1.58. The lowest BCUT2D eigenvalue weighted by Gasteiger charge is -2.45. The molecule has 2 amide bonds. The molecule has 0 radical (unpaired) electrons. The van der Waals surface area contributed by atoms with Gasteiger partial charge in [0.2, 0.25) is 0 Å². The first kappa shape index (κ1) is 7.49. The third-order valence-electron chi connectivity index (χ3n) is 2.36. The van der Waals surface area contributed by atoms with Gasteiger partial charge in [-0.1, -0.05) is 0 Å². The van der Waals surface area contributed by atoms with Gasteiger partial charge in [-0.05, 0) is 6.92 Å². The molecule has 0 aromatic rings. The van der Waals surface area contributed by atoms with Crippen molar-refractivity contribution >= 4 is 11.8 Å². The van der Waals surface area contributed by atoms with Crippen molar-refractivity contribution in [1.82, 2.24) is 10.2 Å². The topological polar surface area (TPSA) is 49.4 Å². The zero-order valence-corrected chi connectivity index (χ0v) is 6.83. The Hall–Kier alpha value is -1.16. The Morgan fingerprint density at radius 2 is 1.83 bits per heavy atom. The van der Waals surface area contributed by atoms with Crippen LogP contribution in [0, 0.1) is 0 Å². The molecule has 64 valence electrons. The highest BCUT2D eigenvalue weighted by Crippen LogP contribution is 2.23. The second kappa shape index (κ2) is 2.17. The van der Waals surface area contributed by atoms with Crippen LogP contribution < -0.4 is 5.32 Å². The Morgan fingerprint density at radius 1 is 1.33 bits per heavy atom. The van der Waals surface area contributed by atoms with Gasteiger partial charge in [-0.3, -0.25) is 14.5 Å². The zero-order chi connectivity index (χ0) is 8.77. The summed E-state index contributed by atoms with van der Waals surface area (Å²) < 4.78 is 0. The van der Waals surface area contributed by atoms with Crippen LogP contribution in [0.3, 0.4) is 0 Å². The van der Waals surface area contributed by atoms with Crippen molar-refractivity contribution in [3.63, 3.8) is 0 Å². The molecule has 2 heterocycles. The van der Waals surface area contributed by atoms with E-state index in [9.17, 15) is 9.59 Å². The Morgan fingerprint density at radius 3 is 2.17 bits per heavy atom. The van der Waals surface area contributed by atoms with E-state index in [-0.39, 0.29) is 17.4 Å². The summed E-state index contributed by atoms with van der Waals surface area (Å²) in [7, 11) is 0. The molecule has 0 unspecified atom stereocenters. The van der Waals surface area contributed by atoms with Crippen LogP contribution in [0.15, 0.2) is 12.2 Å². The van der Waals surface area contributed by atoms with Crippen molar-refractivity contribution < 1.29 is 9.59 Å². The summed E-state index contributed by atoms with van der Waals surface area (Å²) in [4.78, 5) is 23.8. The molecule has 4 nitrogen and oxygen atoms in total. The molecule has 0 bridgehead atoms. The van der Waals surface area contributed by atoms with Crippen LogP contribution in [-0.4, -0.2) is 35.3 Å². The molecule has 2 aliphatic heterocycles. The summed E-state index contributed by atoms with van der Waals surface area (Å²) in [5, 5.41) is 3.05. The minimum atomic E-state index is -0.294. The number of rotatable bonds is 1. The number of nitrogens with one attached hydrogen (secondary N) is 1. The van der Waals surface area contributed by atoms with E-state index in [2.05, 4.69) is 5.32 Å². The molecule has 0 spiro atoms. The third kappa shape index (κ3) is 0.814. The monoisotopic (exact) mass is 166 g/mol. The summed E-state index contributed by atoms with van der Waals surface area (Å²) >= 11 is 0. The highest BCUT2D eigenvalue weighted by Gasteiger charge is 2.44. The molecule has 1 N–H and O–H groups in total. The average molecular weight is 166 g/mol. The number of carbonyl (C=O) groups excluding carboxylic acids is 2. The van der Waals surface area contributed by atoms with Crippen LogP contribution in [0.2, 0.25) is 0 Å². The van der Waals surface area contributed by atoms with E-state index in [1.54, 1.807) is 0 Å². The maximum absolute atomic E-state index is 11.2. The summed E-state index contributed by atoms with van der Waals surface area (Å²) in [5.74, 6) is -0.381. The lowest BCUT2D eigenvalue weighted by atomic mass is 9.93. The van der Waals surface area contributed by atoms with Gasteiger partial charge in [0.1, 0.15) is 0 Å². The zero-order valence-electron chi connectivity index (χ0n) is 6.83. The Labute approximate surface area is 70.2 Å². The van der Waals surface area contributed by atoms with E-state index >= 15 is 0 Å². The molecule has 0 aliphatic carbocycles. The predicted molar refractivity (Wildman–Crippen MR) is 42.3 cm³/mol. The molecule has 0 saturated carbocycles. The molecule has 4 heteroatoms. The second-order valence-corrected chi connectivity index (χ2v) is 3.45. The predicted octanol–water partition coefficient (Wildman–Crippen LogP) is -0.727. The molecule has 2 aliphatic rings. The van der Waals surface area contributed by atoms with E-state index in [4.69, 9.17) is 0 Å². The number of amides is 2. The molecule has 12 heavy (non-hydrogen) atoms.